The van der Waals surface area contributed by atoms with E-state index in [4.69, 9.17) is 14.7 Å². The van der Waals surface area contributed by atoms with Gasteiger partial charge in [-0.2, -0.15) is 0 Å². The normalized spacial score (nSPS) is 11.4. The highest BCUT2D eigenvalue weighted by molar-refractivity contribution is 7.24. The Bertz CT molecular complexity index is 1250. The van der Waals surface area contributed by atoms with Crippen LogP contribution in [0.15, 0.2) is 48.8 Å². The summed E-state index contributed by atoms with van der Waals surface area (Å²) in [6.07, 6.45) is 3.62. The average Bonchev–Trinajstić information content (AvgIpc) is 3.39. The second-order valence-corrected chi connectivity index (χ2v) is 8.61. The quantitative estimate of drug-likeness (QED) is 0.357. The molecule has 0 bridgehead atoms. The summed E-state index contributed by atoms with van der Waals surface area (Å²) in [5.41, 5.74) is 6.70. The van der Waals surface area contributed by atoms with Crippen LogP contribution in [0.3, 0.4) is 0 Å². The van der Waals surface area contributed by atoms with Gasteiger partial charge in [-0.05, 0) is 55.8 Å². The molecule has 2 aromatic carbocycles. The molecule has 0 saturated carbocycles. The van der Waals surface area contributed by atoms with Crippen LogP contribution in [0, 0.1) is 13.8 Å². The van der Waals surface area contributed by atoms with Gasteiger partial charge in [0.05, 0.1) is 27.5 Å². The number of hydrogen-bond donors (Lipinski definition) is 0. The molecule has 0 spiro atoms. The summed E-state index contributed by atoms with van der Waals surface area (Å²) in [6, 6.07) is 12.1. The maximum Gasteiger partial charge on any atom is 0.124 e. The molecule has 5 aromatic rings. The Kier molecular flexibility index (Phi) is 4.10. The Morgan fingerprint density at radius 2 is 1.25 bits per heavy atom. The lowest BCUT2D eigenvalue weighted by molar-refractivity contribution is 0.415. The average molecular weight is 404 g/mol. The zero-order chi connectivity index (χ0) is 19.3. The maximum absolute atomic E-state index is 5.26. The summed E-state index contributed by atoms with van der Waals surface area (Å²) < 4.78 is 7.74. The fraction of sp³-hybridized carbons (Fsp3) is 0.136. The first-order chi connectivity index (χ1) is 13.7. The number of thiazole rings is 2. The second kappa shape index (κ2) is 6.65. The van der Waals surface area contributed by atoms with Crippen molar-refractivity contribution in [3.8, 4) is 26.9 Å². The van der Waals surface area contributed by atoms with Gasteiger partial charge in [0.2, 0.25) is 0 Å². The fourth-order valence-electron chi connectivity index (χ4n) is 3.35. The topological polar surface area (TPSA) is 47.9 Å². The third kappa shape index (κ3) is 2.68. The second-order valence-electron chi connectivity index (χ2n) is 6.61. The predicted molar refractivity (Wildman–Crippen MR) is 117 cm³/mol. The summed E-state index contributed by atoms with van der Waals surface area (Å²) in [7, 11) is 1.68. The van der Waals surface area contributed by atoms with E-state index in [9.17, 15) is 0 Å². The van der Waals surface area contributed by atoms with Gasteiger partial charge in [-0.15, -0.1) is 22.7 Å². The standard InChI is InChI=1S/C22H17N3OS2/c1-12-17-19(27-21(24-17)14-4-6-16(26-3)7-5-14)13(2)20-18(12)25-22(28-20)15-8-10-23-11-9-15/h4-11H,1-3H3. The first-order valence-corrected chi connectivity index (χ1v) is 10.5. The number of hydrogen-bond acceptors (Lipinski definition) is 6. The summed E-state index contributed by atoms with van der Waals surface area (Å²) in [5.74, 6) is 0.852. The van der Waals surface area contributed by atoms with Gasteiger partial charge in [0.25, 0.3) is 0 Å². The molecule has 0 saturated heterocycles. The largest absolute Gasteiger partial charge is 0.497 e. The molecule has 4 nitrogen and oxygen atoms in total. The van der Waals surface area contributed by atoms with Gasteiger partial charge in [-0.1, -0.05) is 0 Å². The first-order valence-electron chi connectivity index (χ1n) is 8.91. The minimum absolute atomic E-state index is 0.852. The van der Waals surface area contributed by atoms with Crippen LogP contribution in [0.1, 0.15) is 11.1 Å². The zero-order valence-corrected chi connectivity index (χ0v) is 17.3. The molecule has 6 heteroatoms. The molecule has 0 fully saturated rings. The maximum atomic E-state index is 5.26. The Morgan fingerprint density at radius 3 is 1.79 bits per heavy atom. The lowest BCUT2D eigenvalue weighted by atomic mass is 10.1. The lowest BCUT2D eigenvalue weighted by Gasteiger charge is -2.00. The van der Waals surface area contributed by atoms with Crippen LogP contribution in [0.5, 0.6) is 5.75 Å². The molecular weight excluding hydrogens is 386 g/mol. The van der Waals surface area contributed by atoms with Gasteiger partial charge in [0, 0.05) is 29.1 Å². The monoisotopic (exact) mass is 403 g/mol. The van der Waals surface area contributed by atoms with Crippen molar-refractivity contribution >= 4 is 43.1 Å². The van der Waals surface area contributed by atoms with Crippen LogP contribution in [0.4, 0.5) is 0 Å². The van der Waals surface area contributed by atoms with E-state index in [0.29, 0.717) is 0 Å². The number of aromatic nitrogens is 3. The third-order valence-corrected chi connectivity index (χ3v) is 7.36. The highest BCUT2D eigenvalue weighted by atomic mass is 32.1. The molecule has 138 valence electrons. The minimum atomic E-state index is 0.852. The van der Waals surface area contributed by atoms with E-state index < -0.39 is 0 Å². The van der Waals surface area contributed by atoms with Crippen molar-refractivity contribution in [2.75, 3.05) is 7.11 Å². The lowest BCUT2D eigenvalue weighted by Crippen LogP contribution is -1.85. The molecule has 0 amide bonds. The number of rotatable bonds is 3. The van der Waals surface area contributed by atoms with Crippen molar-refractivity contribution in [1.82, 2.24) is 15.0 Å². The molecule has 28 heavy (non-hydrogen) atoms. The molecule has 0 aliphatic rings. The van der Waals surface area contributed by atoms with E-state index >= 15 is 0 Å². The van der Waals surface area contributed by atoms with Crippen molar-refractivity contribution in [2.45, 2.75) is 13.8 Å². The van der Waals surface area contributed by atoms with Gasteiger partial charge in [-0.25, -0.2) is 9.97 Å². The van der Waals surface area contributed by atoms with E-state index in [1.54, 1.807) is 29.8 Å². The summed E-state index contributed by atoms with van der Waals surface area (Å²) in [6.45, 7) is 4.30. The van der Waals surface area contributed by atoms with Crippen LogP contribution in [0.25, 0.3) is 41.6 Å². The fourth-order valence-corrected chi connectivity index (χ4v) is 5.68. The van der Waals surface area contributed by atoms with Crippen LogP contribution in [0.2, 0.25) is 0 Å². The number of fused-ring (bicyclic) bond motifs is 2. The van der Waals surface area contributed by atoms with Gasteiger partial charge >= 0.3 is 0 Å². The molecule has 0 unspecified atom stereocenters. The number of aryl methyl sites for hydroxylation is 2. The molecule has 3 aromatic heterocycles. The number of pyridine rings is 1. The van der Waals surface area contributed by atoms with Crippen LogP contribution in [-0.2, 0) is 0 Å². The van der Waals surface area contributed by atoms with Crippen molar-refractivity contribution in [3.63, 3.8) is 0 Å². The van der Waals surface area contributed by atoms with Gasteiger partial charge < -0.3 is 4.74 Å². The SMILES string of the molecule is COc1ccc(-c2nc3c(C)c4nc(-c5ccncc5)sc4c(C)c3s2)cc1. The van der Waals surface area contributed by atoms with Gasteiger partial charge in [0.1, 0.15) is 15.8 Å². The van der Waals surface area contributed by atoms with E-state index in [2.05, 4.69) is 31.0 Å². The highest BCUT2D eigenvalue weighted by Gasteiger charge is 2.18. The molecule has 3 heterocycles. The molecule has 0 N–H and O–H groups in total. The predicted octanol–water partition coefficient (Wildman–Crippen LogP) is 6.26. The van der Waals surface area contributed by atoms with E-state index in [1.165, 1.54) is 15.0 Å². The zero-order valence-electron chi connectivity index (χ0n) is 15.7. The number of ether oxygens (including phenoxy) is 1. The first kappa shape index (κ1) is 17.3. The Balaban J connectivity index is 1.69. The number of benzene rings is 2. The molecular formula is C22H17N3OS2. The highest BCUT2D eigenvalue weighted by Crippen LogP contribution is 2.42. The molecule has 0 atom stereocenters. The number of nitrogens with zero attached hydrogens (tertiary/aromatic N) is 3. The van der Waals surface area contributed by atoms with Crippen molar-refractivity contribution in [2.24, 2.45) is 0 Å². The summed E-state index contributed by atoms with van der Waals surface area (Å²) >= 11 is 3.48. The van der Waals surface area contributed by atoms with E-state index in [-0.39, 0.29) is 0 Å². The Hall–Kier alpha value is -2.83. The number of methoxy groups -OCH3 is 1. The molecule has 0 aliphatic heterocycles. The smallest absolute Gasteiger partial charge is 0.124 e. The van der Waals surface area contributed by atoms with E-state index in [1.807, 2.05) is 36.7 Å². The summed E-state index contributed by atoms with van der Waals surface area (Å²) in [5, 5.41) is 2.05. The minimum Gasteiger partial charge on any atom is -0.497 e. The Morgan fingerprint density at radius 1 is 0.714 bits per heavy atom. The summed E-state index contributed by atoms with van der Waals surface area (Å²) in [4.78, 5) is 14.0. The van der Waals surface area contributed by atoms with Crippen LogP contribution >= 0.6 is 22.7 Å². The van der Waals surface area contributed by atoms with Gasteiger partial charge in [0.15, 0.2) is 0 Å². The molecule has 0 aliphatic carbocycles. The van der Waals surface area contributed by atoms with Crippen molar-refractivity contribution < 1.29 is 4.74 Å². The molecule has 0 radical (unpaired) electrons. The van der Waals surface area contributed by atoms with Gasteiger partial charge in [-0.3, -0.25) is 4.98 Å². The van der Waals surface area contributed by atoms with Crippen LogP contribution in [-0.4, -0.2) is 22.1 Å². The molecule has 5 rings (SSSR count). The van der Waals surface area contributed by atoms with Crippen LogP contribution < -0.4 is 4.74 Å². The Labute approximate surface area is 170 Å². The van der Waals surface area contributed by atoms with E-state index in [0.717, 1.165) is 43.5 Å². The van der Waals surface area contributed by atoms with Crippen molar-refractivity contribution in [1.29, 1.82) is 0 Å². The third-order valence-electron chi connectivity index (χ3n) is 4.91. The van der Waals surface area contributed by atoms with Crippen molar-refractivity contribution in [3.05, 3.63) is 59.9 Å².